The van der Waals surface area contributed by atoms with Crippen LogP contribution in [-0.2, 0) is 19.6 Å². The van der Waals surface area contributed by atoms with Gasteiger partial charge >= 0.3 is 5.97 Å². The number of thiophene rings is 1. The highest BCUT2D eigenvalue weighted by molar-refractivity contribution is 9.11. The number of aliphatic carboxylic acids is 1. The van der Waals surface area contributed by atoms with E-state index < -0.39 is 27.4 Å². The van der Waals surface area contributed by atoms with Crippen LogP contribution in [0.1, 0.15) is 11.8 Å². The zero-order valence-electron chi connectivity index (χ0n) is 10.8. The Labute approximate surface area is 129 Å². The largest absolute Gasteiger partial charge is 0.481 e. The molecule has 2 N–H and O–H groups in total. The summed E-state index contributed by atoms with van der Waals surface area (Å²) >= 11 is 4.55. The fraction of sp³-hybridized carbons (Fsp3) is 0.545. The number of halogens is 1. The molecule has 2 unspecified atom stereocenters. The standard InChI is InChI=1S/C11H14BrNO5S2/c1-6-7(3-9(12)19-6)20(16,17)13-8-4-18-5-11(8,2)10(14)15/h3,8,13H,4-5H2,1-2H3,(H,14,15). The van der Waals surface area contributed by atoms with Gasteiger partial charge in [0.05, 0.1) is 27.9 Å². The number of nitrogens with one attached hydrogen (secondary N) is 1. The Morgan fingerprint density at radius 3 is 2.80 bits per heavy atom. The van der Waals surface area contributed by atoms with Gasteiger partial charge in [-0.2, -0.15) is 0 Å². The Morgan fingerprint density at radius 1 is 1.65 bits per heavy atom. The Kier molecular flexibility index (Phi) is 4.27. The van der Waals surface area contributed by atoms with Crippen LogP contribution in [0.2, 0.25) is 0 Å². The van der Waals surface area contributed by atoms with E-state index in [1.165, 1.54) is 24.3 Å². The molecule has 0 amide bonds. The highest BCUT2D eigenvalue weighted by Crippen LogP contribution is 2.33. The van der Waals surface area contributed by atoms with Crippen LogP contribution in [0.5, 0.6) is 0 Å². The van der Waals surface area contributed by atoms with Crippen molar-refractivity contribution < 1.29 is 23.1 Å². The fourth-order valence-corrected chi connectivity index (χ4v) is 5.74. The van der Waals surface area contributed by atoms with E-state index in [2.05, 4.69) is 20.7 Å². The van der Waals surface area contributed by atoms with Crippen molar-refractivity contribution >= 4 is 43.3 Å². The van der Waals surface area contributed by atoms with Gasteiger partial charge in [-0.15, -0.1) is 11.3 Å². The molecule has 6 nitrogen and oxygen atoms in total. The van der Waals surface area contributed by atoms with Crippen LogP contribution >= 0.6 is 27.3 Å². The van der Waals surface area contributed by atoms with E-state index in [4.69, 9.17) is 4.74 Å². The summed E-state index contributed by atoms with van der Waals surface area (Å²) in [6, 6.07) is 0.721. The molecule has 0 radical (unpaired) electrons. The second kappa shape index (κ2) is 5.38. The zero-order chi connectivity index (χ0) is 15.1. The molecular weight excluding hydrogens is 370 g/mol. The molecule has 1 aromatic heterocycles. The monoisotopic (exact) mass is 383 g/mol. The number of aryl methyl sites for hydroxylation is 1. The minimum Gasteiger partial charge on any atom is -0.481 e. The first kappa shape index (κ1) is 15.9. The molecule has 2 rings (SSSR count). The van der Waals surface area contributed by atoms with Crippen molar-refractivity contribution in [1.82, 2.24) is 4.72 Å². The van der Waals surface area contributed by atoms with Crippen molar-refractivity contribution in [2.45, 2.75) is 24.8 Å². The maximum Gasteiger partial charge on any atom is 0.313 e. The third-order valence-corrected chi connectivity index (χ3v) is 6.65. The highest BCUT2D eigenvalue weighted by atomic mass is 79.9. The average molecular weight is 384 g/mol. The van der Waals surface area contributed by atoms with Gasteiger partial charge in [0, 0.05) is 4.88 Å². The van der Waals surface area contributed by atoms with Gasteiger partial charge in [-0.1, -0.05) is 0 Å². The quantitative estimate of drug-likeness (QED) is 0.823. The maximum atomic E-state index is 12.4. The number of carboxylic acids is 1. The lowest BCUT2D eigenvalue weighted by atomic mass is 9.86. The number of carboxylic acid groups (broad SMARTS) is 1. The van der Waals surface area contributed by atoms with E-state index >= 15 is 0 Å². The van der Waals surface area contributed by atoms with E-state index in [0.29, 0.717) is 8.66 Å². The van der Waals surface area contributed by atoms with Crippen LogP contribution < -0.4 is 4.72 Å². The summed E-state index contributed by atoms with van der Waals surface area (Å²) in [4.78, 5) is 12.1. The molecule has 0 aromatic carbocycles. The summed E-state index contributed by atoms with van der Waals surface area (Å²) in [5.74, 6) is -1.08. The number of rotatable bonds is 4. The van der Waals surface area contributed by atoms with E-state index in [1.54, 1.807) is 6.92 Å². The summed E-state index contributed by atoms with van der Waals surface area (Å²) < 4.78 is 33.0. The second-order valence-corrected chi connectivity index (χ2v) is 9.20. The van der Waals surface area contributed by atoms with Gasteiger partial charge in [-0.05, 0) is 35.8 Å². The van der Waals surface area contributed by atoms with Gasteiger partial charge in [0.15, 0.2) is 0 Å². The van der Waals surface area contributed by atoms with Gasteiger partial charge in [0.25, 0.3) is 0 Å². The number of hydrogen-bond acceptors (Lipinski definition) is 5. The first-order chi connectivity index (χ1) is 9.17. The lowest BCUT2D eigenvalue weighted by Crippen LogP contribution is -2.49. The van der Waals surface area contributed by atoms with Gasteiger partial charge in [0.1, 0.15) is 5.41 Å². The lowest BCUT2D eigenvalue weighted by molar-refractivity contribution is -0.148. The molecular formula is C11H14BrNO5S2. The molecule has 0 bridgehead atoms. The zero-order valence-corrected chi connectivity index (χ0v) is 14.1. The summed E-state index contributed by atoms with van der Waals surface area (Å²) in [6.07, 6.45) is 0. The van der Waals surface area contributed by atoms with Crippen molar-refractivity contribution in [1.29, 1.82) is 0 Å². The number of ether oxygens (including phenoxy) is 1. The van der Waals surface area contributed by atoms with Crippen molar-refractivity contribution in [3.8, 4) is 0 Å². The second-order valence-electron chi connectivity index (χ2n) is 4.88. The van der Waals surface area contributed by atoms with Crippen molar-refractivity contribution in [2.75, 3.05) is 13.2 Å². The molecule has 0 spiro atoms. The third-order valence-electron chi connectivity index (χ3n) is 3.37. The van der Waals surface area contributed by atoms with E-state index in [-0.39, 0.29) is 18.1 Å². The number of hydrogen-bond donors (Lipinski definition) is 2. The minimum absolute atomic E-state index is 0.0121. The van der Waals surface area contributed by atoms with Crippen LogP contribution in [0.3, 0.4) is 0 Å². The molecule has 112 valence electrons. The fourth-order valence-electron chi connectivity index (χ4n) is 2.00. The summed E-state index contributed by atoms with van der Waals surface area (Å²) in [5, 5.41) is 9.25. The molecule has 1 aromatic rings. The van der Waals surface area contributed by atoms with Crippen molar-refractivity contribution in [3.63, 3.8) is 0 Å². The predicted octanol–water partition coefficient (Wildman–Crippen LogP) is 1.59. The Morgan fingerprint density at radius 2 is 2.30 bits per heavy atom. The normalized spacial score (nSPS) is 26.9. The molecule has 9 heteroatoms. The van der Waals surface area contributed by atoms with Crippen LogP contribution in [0.15, 0.2) is 14.7 Å². The van der Waals surface area contributed by atoms with Crippen LogP contribution in [0.4, 0.5) is 0 Å². The van der Waals surface area contributed by atoms with Gasteiger partial charge in [0.2, 0.25) is 10.0 Å². The first-order valence-corrected chi connectivity index (χ1v) is 8.85. The number of sulfonamides is 1. The summed E-state index contributed by atoms with van der Waals surface area (Å²) in [6.45, 7) is 3.21. The smallest absolute Gasteiger partial charge is 0.313 e. The third kappa shape index (κ3) is 2.77. The van der Waals surface area contributed by atoms with Gasteiger partial charge in [-0.25, -0.2) is 13.1 Å². The Bertz CT molecular complexity index is 641. The molecule has 1 fully saturated rings. The number of carbonyl (C=O) groups is 1. The molecule has 2 atom stereocenters. The highest BCUT2D eigenvalue weighted by Gasteiger charge is 2.48. The predicted molar refractivity (Wildman–Crippen MR) is 77.4 cm³/mol. The first-order valence-electron chi connectivity index (χ1n) is 5.76. The summed E-state index contributed by atoms with van der Waals surface area (Å²) in [7, 11) is -3.77. The van der Waals surface area contributed by atoms with Crippen molar-refractivity contribution in [2.24, 2.45) is 5.41 Å². The van der Waals surface area contributed by atoms with Gasteiger partial charge < -0.3 is 9.84 Å². The molecule has 0 saturated carbocycles. The maximum absolute atomic E-state index is 12.4. The lowest BCUT2D eigenvalue weighted by Gasteiger charge is -2.25. The SMILES string of the molecule is Cc1sc(Br)cc1S(=O)(=O)NC1COCC1(C)C(=O)O. The van der Waals surface area contributed by atoms with Crippen LogP contribution in [-0.4, -0.2) is 38.7 Å². The average Bonchev–Trinajstić information content (AvgIpc) is 2.84. The molecule has 0 aliphatic carbocycles. The van der Waals surface area contributed by atoms with E-state index in [1.807, 2.05) is 0 Å². The summed E-state index contributed by atoms with van der Waals surface area (Å²) in [5.41, 5.74) is -1.26. The molecule has 1 aliphatic heterocycles. The van der Waals surface area contributed by atoms with Crippen molar-refractivity contribution in [3.05, 3.63) is 14.7 Å². The molecule has 20 heavy (non-hydrogen) atoms. The van der Waals surface area contributed by atoms with Crippen LogP contribution in [0.25, 0.3) is 0 Å². The van der Waals surface area contributed by atoms with E-state index in [9.17, 15) is 18.3 Å². The minimum atomic E-state index is -3.77. The Hall–Kier alpha value is -0.480. The van der Waals surface area contributed by atoms with Gasteiger partial charge in [-0.3, -0.25) is 4.79 Å². The van der Waals surface area contributed by atoms with E-state index in [0.717, 1.165) is 0 Å². The molecule has 2 heterocycles. The molecule has 1 aliphatic rings. The van der Waals surface area contributed by atoms with Crippen LogP contribution in [0, 0.1) is 12.3 Å². The molecule has 1 saturated heterocycles. The Balaban J connectivity index is 2.29. The topological polar surface area (TPSA) is 92.7 Å².